The highest BCUT2D eigenvalue weighted by atomic mass is 31.2. The molecule has 6 nitrogen and oxygen atoms in total. The van der Waals surface area contributed by atoms with E-state index < -0.39 is 7.60 Å². The summed E-state index contributed by atoms with van der Waals surface area (Å²) >= 11 is 0. The van der Waals surface area contributed by atoms with Crippen LogP contribution in [0.25, 0.3) is 0 Å². The second-order valence-corrected chi connectivity index (χ2v) is 6.46. The van der Waals surface area contributed by atoms with Crippen LogP contribution in [0.5, 0.6) is 5.75 Å². The van der Waals surface area contributed by atoms with Crippen molar-refractivity contribution >= 4 is 7.60 Å². The third-order valence-electron chi connectivity index (χ3n) is 2.89. The fourth-order valence-corrected chi connectivity index (χ4v) is 3.53. The summed E-state index contributed by atoms with van der Waals surface area (Å²) in [4.78, 5) is 4.05. The number of aromatic nitrogens is 1. The lowest BCUT2D eigenvalue weighted by Gasteiger charge is -2.18. The van der Waals surface area contributed by atoms with E-state index in [1.807, 2.05) is 0 Å². The van der Waals surface area contributed by atoms with Crippen LogP contribution in [0.4, 0.5) is 0 Å². The van der Waals surface area contributed by atoms with Crippen molar-refractivity contribution in [3.05, 3.63) is 23.0 Å². The fraction of sp³-hybridized carbons (Fsp3) is 0.615. The molecule has 0 fully saturated rings. The Kier molecular flexibility index (Phi) is 6.62. The van der Waals surface area contributed by atoms with Gasteiger partial charge in [-0.25, -0.2) is 0 Å². The van der Waals surface area contributed by atoms with Crippen molar-refractivity contribution in [2.75, 3.05) is 19.4 Å². The van der Waals surface area contributed by atoms with Gasteiger partial charge in [0, 0.05) is 11.8 Å². The molecule has 1 rings (SSSR count). The van der Waals surface area contributed by atoms with Gasteiger partial charge in [0.1, 0.15) is 5.75 Å². The lowest BCUT2D eigenvalue weighted by molar-refractivity contribution is 0.220. The lowest BCUT2D eigenvalue weighted by atomic mass is 10.1. The van der Waals surface area contributed by atoms with Gasteiger partial charge in [0.25, 0.3) is 0 Å². The minimum Gasteiger partial charge on any atom is -0.506 e. The molecule has 1 heterocycles. The number of hydrogen-bond acceptors (Lipinski definition) is 6. The molecule has 0 bridgehead atoms. The summed E-state index contributed by atoms with van der Waals surface area (Å²) < 4.78 is 22.8. The zero-order valence-corrected chi connectivity index (χ0v) is 13.0. The molecule has 0 spiro atoms. The molecule has 20 heavy (non-hydrogen) atoms. The average Bonchev–Trinajstić information content (AvgIpc) is 2.41. The second-order valence-electron chi connectivity index (χ2n) is 4.27. The second kappa shape index (κ2) is 7.74. The maximum atomic E-state index is 12.3. The fourth-order valence-electron chi connectivity index (χ4n) is 1.89. The van der Waals surface area contributed by atoms with Crippen LogP contribution in [0.15, 0.2) is 6.20 Å². The molecule has 0 aromatic carbocycles. The number of aliphatic hydroxyl groups excluding tert-OH is 1. The number of pyridine rings is 1. The number of aliphatic hydroxyl groups is 1. The molecule has 0 aliphatic heterocycles. The van der Waals surface area contributed by atoms with E-state index in [0.29, 0.717) is 36.5 Å². The van der Waals surface area contributed by atoms with Crippen LogP contribution in [-0.2, 0) is 26.6 Å². The molecule has 0 atom stereocenters. The Bertz CT molecular complexity index is 482. The van der Waals surface area contributed by atoms with Gasteiger partial charge in [-0.1, -0.05) is 0 Å². The van der Waals surface area contributed by atoms with E-state index in [0.717, 1.165) is 0 Å². The molecule has 0 saturated heterocycles. The molecule has 0 aliphatic rings. The molecule has 7 heteroatoms. The van der Waals surface area contributed by atoms with Gasteiger partial charge in [-0.3, -0.25) is 9.55 Å². The molecule has 2 N–H and O–H groups in total. The van der Waals surface area contributed by atoms with Crippen molar-refractivity contribution in [1.29, 1.82) is 0 Å². The molecule has 0 aliphatic carbocycles. The third kappa shape index (κ3) is 4.28. The lowest BCUT2D eigenvalue weighted by Crippen LogP contribution is -2.06. The molecule has 1 aromatic heterocycles. The molecule has 0 amide bonds. The molecule has 0 radical (unpaired) electrons. The van der Waals surface area contributed by atoms with Crippen molar-refractivity contribution in [3.8, 4) is 5.75 Å². The Morgan fingerprint density at radius 2 is 1.90 bits per heavy atom. The third-order valence-corrected chi connectivity index (χ3v) is 4.97. The first kappa shape index (κ1) is 17.1. The van der Waals surface area contributed by atoms with Gasteiger partial charge >= 0.3 is 7.60 Å². The van der Waals surface area contributed by atoms with E-state index in [1.165, 1.54) is 0 Å². The van der Waals surface area contributed by atoms with Crippen LogP contribution in [0.3, 0.4) is 0 Å². The highest BCUT2D eigenvalue weighted by Crippen LogP contribution is 2.48. The van der Waals surface area contributed by atoms with Crippen LogP contribution in [-0.4, -0.2) is 34.6 Å². The summed E-state index contributed by atoms with van der Waals surface area (Å²) in [7, 11) is -3.13. The zero-order valence-electron chi connectivity index (χ0n) is 12.1. The highest BCUT2D eigenvalue weighted by Gasteiger charge is 2.24. The number of nitrogens with zero attached hydrogens (tertiary/aromatic N) is 1. The van der Waals surface area contributed by atoms with Crippen molar-refractivity contribution in [2.45, 2.75) is 33.8 Å². The number of rotatable bonds is 8. The molecule has 0 saturated carbocycles. The summed E-state index contributed by atoms with van der Waals surface area (Å²) in [6.07, 6.45) is 2.11. The Labute approximate surface area is 119 Å². The normalized spacial score (nSPS) is 11.8. The van der Waals surface area contributed by atoms with E-state index >= 15 is 0 Å². The van der Waals surface area contributed by atoms with Gasteiger partial charge in [-0.05, 0) is 32.8 Å². The van der Waals surface area contributed by atoms with E-state index in [4.69, 9.17) is 9.05 Å². The molecule has 1 aromatic rings. The summed E-state index contributed by atoms with van der Waals surface area (Å²) in [6.45, 7) is 5.49. The van der Waals surface area contributed by atoms with Crippen LogP contribution < -0.4 is 0 Å². The molecular weight excluding hydrogens is 281 g/mol. The van der Waals surface area contributed by atoms with Gasteiger partial charge in [0.05, 0.1) is 31.7 Å². The first-order chi connectivity index (χ1) is 9.47. The van der Waals surface area contributed by atoms with Gasteiger partial charge < -0.3 is 19.3 Å². The van der Waals surface area contributed by atoms with Crippen LogP contribution >= 0.6 is 7.60 Å². The maximum absolute atomic E-state index is 12.3. The van der Waals surface area contributed by atoms with E-state index in [1.54, 1.807) is 27.0 Å². The Morgan fingerprint density at radius 3 is 2.40 bits per heavy atom. The minimum absolute atomic E-state index is 0.0207. The van der Waals surface area contributed by atoms with Crippen molar-refractivity contribution in [1.82, 2.24) is 4.98 Å². The monoisotopic (exact) mass is 303 g/mol. The van der Waals surface area contributed by atoms with Gasteiger partial charge in [-0.15, -0.1) is 0 Å². The van der Waals surface area contributed by atoms with Crippen LogP contribution in [0.2, 0.25) is 0 Å². The van der Waals surface area contributed by atoms with Gasteiger partial charge in [0.2, 0.25) is 0 Å². The minimum atomic E-state index is -3.13. The Hall–Kier alpha value is -0.940. The van der Waals surface area contributed by atoms with Crippen molar-refractivity contribution < 1.29 is 23.8 Å². The Balaban J connectivity index is 2.88. The molecular formula is C13H22NO5P. The average molecular weight is 303 g/mol. The van der Waals surface area contributed by atoms with Gasteiger partial charge in [-0.2, -0.15) is 0 Å². The first-order valence-electron chi connectivity index (χ1n) is 6.62. The van der Waals surface area contributed by atoms with Gasteiger partial charge in [0.15, 0.2) is 0 Å². The summed E-state index contributed by atoms with van der Waals surface area (Å²) in [5, 5.41) is 19.2. The summed E-state index contributed by atoms with van der Waals surface area (Å²) in [6, 6.07) is 0. The first-order valence-corrected chi connectivity index (χ1v) is 8.35. The van der Waals surface area contributed by atoms with E-state index in [-0.39, 0.29) is 18.5 Å². The van der Waals surface area contributed by atoms with Crippen molar-refractivity contribution in [2.24, 2.45) is 0 Å². The predicted octanol–water partition coefficient (Wildman–Crippen LogP) is 2.40. The smallest absolute Gasteiger partial charge is 0.330 e. The van der Waals surface area contributed by atoms with E-state index in [2.05, 4.69) is 4.98 Å². The topological polar surface area (TPSA) is 88.9 Å². The quantitative estimate of drug-likeness (QED) is 0.717. The Morgan fingerprint density at radius 1 is 1.30 bits per heavy atom. The maximum Gasteiger partial charge on any atom is 0.330 e. The molecule has 0 unspecified atom stereocenters. The zero-order chi connectivity index (χ0) is 15.2. The van der Waals surface area contributed by atoms with E-state index in [9.17, 15) is 14.8 Å². The standard InChI is InChI=1S/C13H22NO5P/c1-4-18-20(17,19-5-2)7-6-11-8-14-10(3)13(16)12(11)9-15/h8,15-16H,4-7,9H2,1-3H3. The number of aryl methyl sites for hydroxylation is 2. The van der Waals surface area contributed by atoms with Crippen LogP contribution in [0.1, 0.15) is 30.7 Å². The summed E-state index contributed by atoms with van der Waals surface area (Å²) in [5.74, 6) is -0.0207. The molecule has 114 valence electrons. The predicted molar refractivity (Wildman–Crippen MR) is 76.0 cm³/mol. The largest absolute Gasteiger partial charge is 0.506 e. The summed E-state index contributed by atoms with van der Waals surface area (Å²) in [5.41, 5.74) is 1.52. The number of hydrogen-bond donors (Lipinski definition) is 2. The number of aromatic hydroxyl groups is 1. The highest BCUT2D eigenvalue weighted by molar-refractivity contribution is 7.53. The SMILES string of the molecule is CCOP(=O)(CCc1cnc(C)c(O)c1CO)OCC. The van der Waals surface area contributed by atoms with Crippen LogP contribution in [0, 0.1) is 6.92 Å². The van der Waals surface area contributed by atoms with Crippen molar-refractivity contribution in [3.63, 3.8) is 0 Å².